The van der Waals surface area contributed by atoms with Gasteiger partial charge in [-0.25, -0.2) is 0 Å². The standard InChI is InChI=1S/C11H11ClN2O2/c12-8-3-1-2-7(6-8)11-9(14-16)4-5-10(15)13-11/h1-3,6,11,16H,4-5H2,(H,13,15). The van der Waals surface area contributed by atoms with Crippen LogP contribution < -0.4 is 5.32 Å². The first-order valence-corrected chi connectivity index (χ1v) is 5.34. The molecule has 1 unspecified atom stereocenters. The van der Waals surface area contributed by atoms with Crippen molar-refractivity contribution in [3.05, 3.63) is 34.9 Å². The number of halogens is 1. The molecular formula is C11H11ClN2O2. The summed E-state index contributed by atoms with van der Waals surface area (Å²) in [5.74, 6) is -0.0441. The summed E-state index contributed by atoms with van der Waals surface area (Å²) in [6, 6.07) is 6.78. The number of nitrogens with one attached hydrogen (secondary N) is 1. The largest absolute Gasteiger partial charge is 0.411 e. The summed E-state index contributed by atoms with van der Waals surface area (Å²) < 4.78 is 0. The maximum Gasteiger partial charge on any atom is 0.221 e. The van der Waals surface area contributed by atoms with Gasteiger partial charge in [-0.3, -0.25) is 4.79 Å². The summed E-state index contributed by atoms with van der Waals surface area (Å²) in [4.78, 5) is 11.3. The maximum absolute atomic E-state index is 11.3. The van der Waals surface area contributed by atoms with Crippen LogP contribution in [0, 0.1) is 0 Å². The van der Waals surface area contributed by atoms with Crippen LogP contribution in [0.25, 0.3) is 0 Å². The van der Waals surface area contributed by atoms with Crippen molar-refractivity contribution >= 4 is 23.2 Å². The van der Waals surface area contributed by atoms with E-state index in [1.54, 1.807) is 18.2 Å². The second-order valence-electron chi connectivity index (χ2n) is 3.65. The average Bonchev–Trinajstić information content (AvgIpc) is 2.29. The van der Waals surface area contributed by atoms with Crippen molar-refractivity contribution in [1.82, 2.24) is 5.32 Å². The number of rotatable bonds is 1. The SMILES string of the molecule is O=C1CCC(=NO)C(c2cccc(Cl)c2)N1. The van der Waals surface area contributed by atoms with E-state index in [2.05, 4.69) is 10.5 Å². The van der Waals surface area contributed by atoms with Gasteiger partial charge in [-0.05, 0) is 17.7 Å². The lowest BCUT2D eigenvalue weighted by atomic mass is 9.95. The molecule has 2 N–H and O–H groups in total. The third-order valence-corrected chi connectivity index (χ3v) is 2.79. The molecule has 1 aliphatic rings. The van der Waals surface area contributed by atoms with E-state index in [9.17, 15) is 4.79 Å². The highest BCUT2D eigenvalue weighted by Crippen LogP contribution is 2.23. The van der Waals surface area contributed by atoms with Crippen molar-refractivity contribution in [3.63, 3.8) is 0 Å². The molecule has 0 bridgehead atoms. The van der Waals surface area contributed by atoms with Crippen LogP contribution in [0.5, 0.6) is 0 Å². The number of nitrogens with zero attached hydrogens (tertiary/aromatic N) is 1. The Morgan fingerprint density at radius 2 is 2.25 bits per heavy atom. The summed E-state index contributed by atoms with van der Waals surface area (Å²) in [7, 11) is 0. The first-order chi connectivity index (χ1) is 7.70. The molecule has 4 nitrogen and oxygen atoms in total. The van der Waals surface area contributed by atoms with Gasteiger partial charge < -0.3 is 10.5 Å². The molecule has 0 spiro atoms. The minimum atomic E-state index is -0.370. The maximum atomic E-state index is 11.3. The summed E-state index contributed by atoms with van der Waals surface area (Å²) in [5, 5.41) is 15.5. The number of amides is 1. The Hall–Kier alpha value is -1.55. The molecule has 2 rings (SSSR count). The van der Waals surface area contributed by atoms with Crippen LogP contribution in [-0.2, 0) is 4.79 Å². The van der Waals surface area contributed by atoms with Crippen molar-refractivity contribution in [2.75, 3.05) is 0 Å². The molecule has 84 valence electrons. The van der Waals surface area contributed by atoms with E-state index in [1.807, 2.05) is 6.07 Å². The van der Waals surface area contributed by atoms with E-state index in [-0.39, 0.29) is 11.9 Å². The first kappa shape index (κ1) is 11.0. The Balaban J connectivity index is 2.33. The number of oxime groups is 1. The molecule has 5 heteroatoms. The molecule has 1 heterocycles. The van der Waals surface area contributed by atoms with Gasteiger partial charge in [0.25, 0.3) is 0 Å². The number of piperidine rings is 1. The summed E-state index contributed by atoms with van der Waals surface area (Å²) in [5.41, 5.74) is 1.38. The van der Waals surface area contributed by atoms with Crippen molar-refractivity contribution in [2.24, 2.45) is 5.16 Å². The molecule has 1 amide bonds. The van der Waals surface area contributed by atoms with E-state index in [4.69, 9.17) is 16.8 Å². The Labute approximate surface area is 97.9 Å². The molecule has 0 aromatic heterocycles. The molecule has 16 heavy (non-hydrogen) atoms. The lowest BCUT2D eigenvalue weighted by molar-refractivity contribution is -0.121. The minimum absolute atomic E-state index is 0.0441. The van der Waals surface area contributed by atoms with Crippen LogP contribution in [0.3, 0.4) is 0 Å². The molecular weight excluding hydrogens is 228 g/mol. The lowest BCUT2D eigenvalue weighted by Gasteiger charge is -2.24. The van der Waals surface area contributed by atoms with E-state index >= 15 is 0 Å². The van der Waals surface area contributed by atoms with Crippen LogP contribution >= 0.6 is 11.6 Å². The molecule has 0 saturated carbocycles. The normalized spacial score (nSPS) is 23.2. The van der Waals surface area contributed by atoms with Crippen LogP contribution in [0.2, 0.25) is 5.02 Å². The first-order valence-electron chi connectivity index (χ1n) is 4.96. The van der Waals surface area contributed by atoms with E-state index in [0.29, 0.717) is 23.6 Å². The van der Waals surface area contributed by atoms with Gasteiger partial charge in [-0.1, -0.05) is 28.9 Å². The Kier molecular flexibility index (Phi) is 3.10. The van der Waals surface area contributed by atoms with Gasteiger partial charge in [0.2, 0.25) is 5.91 Å². The van der Waals surface area contributed by atoms with Crippen molar-refractivity contribution < 1.29 is 10.0 Å². The zero-order valence-corrected chi connectivity index (χ0v) is 9.24. The van der Waals surface area contributed by atoms with Crippen LogP contribution in [0.1, 0.15) is 24.4 Å². The fraction of sp³-hybridized carbons (Fsp3) is 0.273. The highest BCUT2D eigenvalue weighted by Gasteiger charge is 2.26. The highest BCUT2D eigenvalue weighted by atomic mass is 35.5. The van der Waals surface area contributed by atoms with Crippen molar-refractivity contribution in [1.29, 1.82) is 0 Å². The fourth-order valence-electron chi connectivity index (χ4n) is 1.77. The third kappa shape index (κ3) is 2.17. The number of hydrogen-bond donors (Lipinski definition) is 2. The fourth-order valence-corrected chi connectivity index (χ4v) is 1.97. The van der Waals surface area contributed by atoms with Crippen LogP contribution in [0.4, 0.5) is 0 Å². The molecule has 1 aromatic rings. The second kappa shape index (κ2) is 4.53. The zero-order valence-electron chi connectivity index (χ0n) is 8.48. The Bertz CT molecular complexity index is 445. The van der Waals surface area contributed by atoms with Gasteiger partial charge in [-0.15, -0.1) is 0 Å². The van der Waals surface area contributed by atoms with Gasteiger partial charge >= 0.3 is 0 Å². The molecule has 1 saturated heterocycles. The summed E-state index contributed by atoms with van der Waals surface area (Å²) in [6.07, 6.45) is 0.829. The molecule has 1 atom stereocenters. The quantitative estimate of drug-likeness (QED) is 0.582. The molecule has 1 aromatic carbocycles. The second-order valence-corrected chi connectivity index (χ2v) is 4.08. The molecule has 1 fully saturated rings. The number of benzene rings is 1. The highest BCUT2D eigenvalue weighted by molar-refractivity contribution is 6.30. The van der Waals surface area contributed by atoms with Gasteiger partial charge in [0, 0.05) is 17.9 Å². The van der Waals surface area contributed by atoms with Crippen molar-refractivity contribution in [2.45, 2.75) is 18.9 Å². The van der Waals surface area contributed by atoms with E-state index in [1.165, 1.54) is 0 Å². The molecule has 1 aliphatic heterocycles. The third-order valence-electron chi connectivity index (χ3n) is 2.56. The van der Waals surface area contributed by atoms with Crippen molar-refractivity contribution in [3.8, 4) is 0 Å². The predicted octanol–water partition coefficient (Wildman–Crippen LogP) is 2.12. The van der Waals surface area contributed by atoms with Gasteiger partial charge in [0.15, 0.2) is 0 Å². The van der Waals surface area contributed by atoms with Crippen LogP contribution in [-0.4, -0.2) is 16.8 Å². The van der Waals surface area contributed by atoms with Crippen LogP contribution in [0.15, 0.2) is 29.4 Å². The number of carbonyl (C=O) groups is 1. The topological polar surface area (TPSA) is 61.7 Å². The summed E-state index contributed by atoms with van der Waals surface area (Å²) >= 11 is 5.88. The lowest BCUT2D eigenvalue weighted by Crippen LogP contribution is -2.38. The summed E-state index contributed by atoms with van der Waals surface area (Å²) in [6.45, 7) is 0. The van der Waals surface area contributed by atoms with E-state index < -0.39 is 0 Å². The van der Waals surface area contributed by atoms with Gasteiger partial charge in [0.1, 0.15) is 0 Å². The van der Waals surface area contributed by atoms with E-state index in [0.717, 1.165) is 5.56 Å². The minimum Gasteiger partial charge on any atom is -0.411 e. The Morgan fingerprint density at radius 3 is 2.94 bits per heavy atom. The van der Waals surface area contributed by atoms with Gasteiger partial charge in [0.05, 0.1) is 11.8 Å². The average molecular weight is 239 g/mol. The molecule has 0 aliphatic carbocycles. The number of hydrogen-bond acceptors (Lipinski definition) is 3. The Morgan fingerprint density at radius 1 is 1.44 bits per heavy atom. The zero-order chi connectivity index (χ0) is 11.5. The smallest absolute Gasteiger partial charge is 0.221 e. The monoisotopic (exact) mass is 238 g/mol. The number of carbonyl (C=O) groups excluding carboxylic acids is 1. The molecule has 0 radical (unpaired) electrons. The van der Waals surface area contributed by atoms with Gasteiger partial charge in [-0.2, -0.15) is 0 Å². The predicted molar refractivity (Wildman–Crippen MR) is 60.8 cm³/mol.